The van der Waals surface area contributed by atoms with Crippen LogP contribution in [0.5, 0.6) is 0 Å². The molecule has 120 valence electrons. The van der Waals surface area contributed by atoms with Gasteiger partial charge in [0.25, 0.3) is 0 Å². The molecule has 0 bridgehead atoms. The molecule has 0 saturated heterocycles. The minimum Gasteiger partial charge on any atom is -0.334 e. The average molecular weight is 359 g/mol. The van der Waals surface area contributed by atoms with Crippen molar-refractivity contribution in [2.24, 2.45) is 0 Å². The predicted molar refractivity (Wildman–Crippen MR) is 90.1 cm³/mol. The molecule has 2 rings (SSSR count). The molecule has 0 spiro atoms. The van der Waals surface area contributed by atoms with Gasteiger partial charge in [-0.15, -0.1) is 11.3 Å². The summed E-state index contributed by atoms with van der Waals surface area (Å²) in [7, 11) is -3.12. The van der Waals surface area contributed by atoms with E-state index in [2.05, 4.69) is 15.6 Å². The number of carbonyl (C=O) groups excluding carboxylic acids is 1. The van der Waals surface area contributed by atoms with Gasteiger partial charge in [0.1, 0.15) is 0 Å². The van der Waals surface area contributed by atoms with E-state index in [0.29, 0.717) is 23.8 Å². The zero-order valence-corrected chi connectivity index (χ0v) is 14.5. The maximum Gasteiger partial charge on any atom is 0.321 e. The smallest absolute Gasteiger partial charge is 0.321 e. The second-order valence-corrected chi connectivity index (χ2v) is 8.50. The zero-order valence-electron chi connectivity index (χ0n) is 12.0. The Bertz CT molecular complexity index is 708. The van der Waals surface area contributed by atoms with E-state index in [1.165, 1.54) is 11.3 Å². The van der Waals surface area contributed by atoms with E-state index in [1.807, 2.05) is 23.8 Å². The second kappa shape index (κ2) is 7.70. The Morgan fingerprint density at radius 1 is 1.36 bits per heavy atom. The van der Waals surface area contributed by atoms with Crippen molar-refractivity contribution in [1.82, 2.24) is 10.3 Å². The molecular formula is C13H17N3O3S3. The molecule has 0 aliphatic heterocycles. The lowest BCUT2D eigenvalue weighted by molar-refractivity contribution is 0.251. The highest BCUT2D eigenvalue weighted by molar-refractivity contribution is 7.90. The fourth-order valence-corrected chi connectivity index (χ4v) is 4.60. The van der Waals surface area contributed by atoms with Gasteiger partial charge in [-0.1, -0.05) is 6.92 Å². The minimum absolute atomic E-state index is 0.0878. The molecular weight excluding hydrogens is 342 g/mol. The van der Waals surface area contributed by atoms with Crippen LogP contribution >= 0.6 is 22.7 Å². The molecule has 0 atom stereocenters. The lowest BCUT2D eigenvalue weighted by Crippen LogP contribution is -2.27. The van der Waals surface area contributed by atoms with Crippen molar-refractivity contribution >= 4 is 43.7 Å². The van der Waals surface area contributed by atoms with Crippen molar-refractivity contribution in [3.63, 3.8) is 0 Å². The standard InChI is InChI=1S/C13H17N3O3S3/c1-2-5-22(18,19)9-11-8-21-13(15-11)16-12(17)14-6-10-3-4-20-7-10/h3-4,7-8H,2,5-6,9H2,1H3,(H2,14,15,16,17). The van der Waals surface area contributed by atoms with Crippen molar-refractivity contribution in [3.8, 4) is 0 Å². The average Bonchev–Trinajstić information content (AvgIpc) is 3.07. The molecule has 0 aromatic carbocycles. The van der Waals surface area contributed by atoms with Crippen LogP contribution in [0.3, 0.4) is 0 Å². The first-order valence-electron chi connectivity index (χ1n) is 6.69. The van der Waals surface area contributed by atoms with Crippen LogP contribution in [0.25, 0.3) is 0 Å². The van der Waals surface area contributed by atoms with Gasteiger partial charge in [-0.2, -0.15) is 11.3 Å². The summed E-state index contributed by atoms with van der Waals surface area (Å²) in [6, 6.07) is 1.58. The number of thiophene rings is 1. The number of rotatable bonds is 7. The van der Waals surface area contributed by atoms with Crippen molar-refractivity contribution in [1.29, 1.82) is 0 Å². The molecule has 2 aromatic rings. The Labute approximate surface area is 137 Å². The van der Waals surface area contributed by atoms with E-state index in [0.717, 1.165) is 5.56 Å². The highest BCUT2D eigenvalue weighted by Crippen LogP contribution is 2.17. The molecule has 0 aliphatic carbocycles. The molecule has 2 amide bonds. The zero-order chi connectivity index (χ0) is 16.0. The van der Waals surface area contributed by atoms with Crippen LogP contribution in [-0.4, -0.2) is 25.2 Å². The Balaban J connectivity index is 1.85. The lowest BCUT2D eigenvalue weighted by Gasteiger charge is -2.03. The van der Waals surface area contributed by atoms with Crippen LogP contribution in [0.15, 0.2) is 22.2 Å². The monoisotopic (exact) mass is 359 g/mol. The fourth-order valence-electron chi connectivity index (χ4n) is 1.76. The molecule has 0 saturated carbocycles. The van der Waals surface area contributed by atoms with Crippen LogP contribution < -0.4 is 10.6 Å². The second-order valence-electron chi connectivity index (χ2n) is 4.68. The lowest BCUT2D eigenvalue weighted by atomic mass is 10.3. The summed E-state index contributed by atoms with van der Waals surface area (Å²) in [5.74, 6) is 0.0595. The van der Waals surface area contributed by atoms with Crippen LogP contribution in [0.2, 0.25) is 0 Å². The number of anilines is 1. The van der Waals surface area contributed by atoms with Crippen molar-refractivity contribution in [2.75, 3.05) is 11.1 Å². The molecule has 2 N–H and O–H groups in total. The summed E-state index contributed by atoms with van der Waals surface area (Å²) < 4.78 is 23.5. The number of urea groups is 1. The largest absolute Gasteiger partial charge is 0.334 e. The quantitative estimate of drug-likeness (QED) is 0.796. The van der Waals surface area contributed by atoms with Gasteiger partial charge in [0.2, 0.25) is 0 Å². The first-order chi connectivity index (χ1) is 10.5. The van der Waals surface area contributed by atoms with Crippen LogP contribution in [-0.2, 0) is 22.1 Å². The van der Waals surface area contributed by atoms with Gasteiger partial charge in [0.05, 0.1) is 17.2 Å². The topological polar surface area (TPSA) is 88.2 Å². The SMILES string of the molecule is CCCS(=O)(=O)Cc1csc(NC(=O)NCc2ccsc2)n1. The Hall–Kier alpha value is -1.45. The minimum atomic E-state index is -3.12. The third-order valence-electron chi connectivity index (χ3n) is 2.69. The van der Waals surface area contributed by atoms with E-state index in [1.54, 1.807) is 16.7 Å². The van der Waals surface area contributed by atoms with Crippen LogP contribution in [0.1, 0.15) is 24.6 Å². The summed E-state index contributed by atoms with van der Waals surface area (Å²) in [6.07, 6.45) is 0.586. The van der Waals surface area contributed by atoms with Crippen molar-refractivity contribution in [2.45, 2.75) is 25.6 Å². The molecule has 0 aliphatic rings. The molecule has 0 fully saturated rings. The van der Waals surface area contributed by atoms with Crippen LogP contribution in [0, 0.1) is 0 Å². The normalized spacial score (nSPS) is 11.3. The number of sulfone groups is 1. The van der Waals surface area contributed by atoms with Crippen molar-refractivity contribution in [3.05, 3.63) is 33.5 Å². The van der Waals surface area contributed by atoms with Gasteiger partial charge < -0.3 is 5.32 Å². The number of thiazole rings is 1. The number of nitrogens with one attached hydrogen (secondary N) is 2. The first-order valence-corrected chi connectivity index (χ1v) is 10.3. The van der Waals surface area contributed by atoms with Gasteiger partial charge in [-0.25, -0.2) is 18.2 Å². The Kier molecular flexibility index (Phi) is 5.92. The summed E-state index contributed by atoms with van der Waals surface area (Å²) in [5.41, 5.74) is 1.50. The first kappa shape index (κ1) is 16.9. The number of hydrogen-bond acceptors (Lipinski definition) is 6. The number of aromatic nitrogens is 1. The van der Waals surface area contributed by atoms with Crippen LogP contribution in [0.4, 0.5) is 9.93 Å². The molecule has 22 heavy (non-hydrogen) atoms. The van der Waals surface area contributed by atoms with Gasteiger partial charge in [0.15, 0.2) is 15.0 Å². The van der Waals surface area contributed by atoms with Crippen molar-refractivity contribution < 1.29 is 13.2 Å². The third kappa shape index (κ3) is 5.39. The molecule has 9 heteroatoms. The fraction of sp³-hybridized carbons (Fsp3) is 0.385. The molecule has 0 radical (unpaired) electrons. The Morgan fingerprint density at radius 3 is 2.86 bits per heavy atom. The summed E-state index contributed by atoms with van der Waals surface area (Å²) in [4.78, 5) is 15.9. The summed E-state index contributed by atoms with van der Waals surface area (Å²) in [6.45, 7) is 2.27. The molecule has 6 nitrogen and oxygen atoms in total. The highest BCUT2D eigenvalue weighted by Gasteiger charge is 2.14. The van der Waals surface area contributed by atoms with Gasteiger partial charge in [0, 0.05) is 11.9 Å². The highest BCUT2D eigenvalue weighted by atomic mass is 32.2. The predicted octanol–water partition coefficient (Wildman–Crippen LogP) is 2.85. The van der Waals surface area contributed by atoms with E-state index in [4.69, 9.17) is 0 Å². The summed E-state index contributed by atoms with van der Waals surface area (Å²) in [5, 5.41) is 11.3. The maximum absolute atomic E-state index is 11.7. The summed E-state index contributed by atoms with van der Waals surface area (Å²) >= 11 is 2.78. The van der Waals surface area contributed by atoms with E-state index in [9.17, 15) is 13.2 Å². The molecule has 0 unspecified atom stereocenters. The van der Waals surface area contributed by atoms with Gasteiger partial charge in [-0.05, 0) is 28.8 Å². The maximum atomic E-state index is 11.7. The van der Waals surface area contributed by atoms with E-state index >= 15 is 0 Å². The number of nitrogens with zero attached hydrogens (tertiary/aromatic N) is 1. The number of carbonyl (C=O) groups is 1. The molecule has 2 aromatic heterocycles. The third-order valence-corrected chi connectivity index (χ3v) is 5.99. The molecule has 2 heterocycles. The number of amides is 2. The number of hydrogen-bond donors (Lipinski definition) is 2. The Morgan fingerprint density at radius 2 is 2.18 bits per heavy atom. The van der Waals surface area contributed by atoms with E-state index < -0.39 is 9.84 Å². The van der Waals surface area contributed by atoms with E-state index in [-0.39, 0.29) is 17.5 Å². The van der Waals surface area contributed by atoms with Gasteiger partial charge in [-0.3, -0.25) is 5.32 Å². The van der Waals surface area contributed by atoms with Gasteiger partial charge >= 0.3 is 6.03 Å².